The summed E-state index contributed by atoms with van der Waals surface area (Å²) in [6.45, 7) is 8.07. The summed E-state index contributed by atoms with van der Waals surface area (Å²) >= 11 is 0. The number of rotatable bonds is 3. The summed E-state index contributed by atoms with van der Waals surface area (Å²) in [4.78, 5) is 0. The van der Waals surface area contributed by atoms with Gasteiger partial charge in [-0.2, -0.15) is 0 Å². The Hall–Kier alpha value is -1.24. The van der Waals surface area contributed by atoms with Gasteiger partial charge in [-0.15, -0.1) is 0 Å². The molecule has 0 radical (unpaired) electrons. The van der Waals surface area contributed by atoms with Crippen LogP contribution in [0.5, 0.6) is 5.75 Å². The molecule has 0 saturated heterocycles. The summed E-state index contributed by atoms with van der Waals surface area (Å²) in [5, 5.41) is 0. The molecule has 13 heavy (non-hydrogen) atoms. The zero-order valence-electron chi connectivity index (χ0n) is 8.50. The van der Waals surface area contributed by atoms with Gasteiger partial charge in [0.05, 0.1) is 7.11 Å². The molecule has 0 atom stereocenters. The van der Waals surface area contributed by atoms with Gasteiger partial charge in [0.25, 0.3) is 0 Å². The second-order valence-corrected chi connectivity index (χ2v) is 3.33. The van der Waals surface area contributed by atoms with Crippen LogP contribution >= 0.6 is 0 Å². The first-order valence-electron chi connectivity index (χ1n) is 4.50. The van der Waals surface area contributed by atoms with Crippen LogP contribution in [0.3, 0.4) is 0 Å². The first kappa shape index (κ1) is 9.85. The molecule has 1 rings (SSSR count). The van der Waals surface area contributed by atoms with Gasteiger partial charge < -0.3 is 4.74 Å². The Morgan fingerprint density at radius 2 is 2.08 bits per heavy atom. The number of para-hydroxylation sites is 1. The van der Waals surface area contributed by atoms with Crippen molar-refractivity contribution in [2.75, 3.05) is 7.11 Å². The zero-order chi connectivity index (χ0) is 9.84. The molecule has 0 bridgehead atoms. The minimum atomic E-state index is 0.481. The number of benzene rings is 1. The molecule has 0 aliphatic heterocycles. The first-order valence-corrected chi connectivity index (χ1v) is 4.50. The van der Waals surface area contributed by atoms with E-state index in [2.05, 4.69) is 26.5 Å². The molecule has 0 amide bonds. The Kier molecular flexibility index (Phi) is 3.13. The van der Waals surface area contributed by atoms with Gasteiger partial charge in [0.2, 0.25) is 0 Å². The van der Waals surface area contributed by atoms with Gasteiger partial charge in [-0.1, -0.05) is 44.7 Å². The van der Waals surface area contributed by atoms with Crippen molar-refractivity contribution < 1.29 is 4.74 Å². The van der Waals surface area contributed by atoms with Crippen molar-refractivity contribution in [3.05, 3.63) is 35.9 Å². The van der Waals surface area contributed by atoms with E-state index in [1.165, 1.54) is 5.56 Å². The maximum absolute atomic E-state index is 5.36. The van der Waals surface area contributed by atoms with Gasteiger partial charge in [0.1, 0.15) is 5.75 Å². The number of ether oxygens (including phenoxy) is 1. The lowest BCUT2D eigenvalue weighted by Crippen LogP contribution is -1.95. The van der Waals surface area contributed by atoms with Crippen LogP contribution < -0.4 is 4.74 Å². The van der Waals surface area contributed by atoms with E-state index in [1.807, 2.05) is 18.2 Å². The van der Waals surface area contributed by atoms with Crippen LogP contribution in [0.2, 0.25) is 0 Å². The topological polar surface area (TPSA) is 9.23 Å². The van der Waals surface area contributed by atoms with Crippen molar-refractivity contribution in [2.24, 2.45) is 0 Å². The van der Waals surface area contributed by atoms with Crippen LogP contribution in [0.1, 0.15) is 30.9 Å². The lowest BCUT2D eigenvalue weighted by molar-refractivity contribution is 0.406. The van der Waals surface area contributed by atoms with E-state index in [4.69, 9.17) is 4.74 Å². The molecule has 70 valence electrons. The van der Waals surface area contributed by atoms with Crippen LogP contribution in [-0.2, 0) is 0 Å². The van der Waals surface area contributed by atoms with E-state index in [1.54, 1.807) is 7.11 Å². The summed E-state index contributed by atoms with van der Waals surface area (Å²) in [5.74, 6) is 1.43. The number of hydrogen-bond donors (Lipinski definition) is 0. The van der Waals surface area contributed by atoms with Gasteiger partial charge in [0.15, 0.2) is 0 Å². The van der Waals surface area contributed by atoms with E-state index in [0.717, 1.165) is 11.3 Å². The van der Waals surface area contributed by atoms with Crippen LogP contribution in [0, 0.1) is 0 Å². The molecule has 0 saturated carbocycles. The summed E-state index contributed by atoms with van der Waals surface area (Å²) in [6, 6.07) is 6.14. The van der Waals surface area contributed by atoms with Crippen molar-refractivity contribution in [1.29, 1.82) is 0 Å². The molecule has 0 fully saturated rings. The third-order valence-corrected chi connectivity index (χ3v) is 2.12. The fourth-order valence-electron chi connectivity index (χ4n) is 1.42. The maximum Gasteiger partial charge on any atom is 0.129 e. The molecule has 0 heterocycles. The van der Waals surface area contributed by atoms with Crippen molar-refractivity contribution in [2.45, 2.75) is 19.8 Å². The highest BCUT2D eigenvalue weighted by molar-refractivity contribution is 5.59. The fraction of sp³-hybridized carbons (Fsp3) is 0.333. The van der Waals surface area contributed by atoms with Crippen molar-refractivity contribution in [3.8, 4) is 5.75 Å². The van der Waals surface area contributed by atoms with Gasteiger partial charge in [0, 0.05) is 5.56 Å². The van der Waals surface area contributed by atoms with Crippen molar-refractivity contribution >= 4 is 6.08 Å². The summed E-state index contributed by atoms with van der Waals surface area (Å²) in [5.41, 5.74) is 2.30. The van der Waals surface area contributed by atoms with E-state index >= 15 is 0 Å². The highest BCUT2D eigenvalue weighted by Gasteiger charge is 2.08. The highest BCUT2D eigenvalue weighted by Crippen LogP contribution is 2.30. The van der Waals surface area contributed by atoms with Crippen LogP contribution in [0.25, 0.3) is 6.08 Å². The van der Waals surface area contributed by atoms with Gasteiger partial charge in [-0.3, -0.25) is 0 Å². The van der Waals surface area contributed by atoms with Crippen LogP contribution in [0.15, 0.2) is 24.8 Å². The molecule has 1 nitrogen and oxygen atoms in total. The molecule has 0 aromatic heterocycles. The second kappa shape index (κ2) is 4.13. The fourth-order valence-corrected chi connectivity index (χ4v) is 1.42. The molecule has 0 N–H and O–H groups in total. The second-order valence-electron chi connectivity index (χ2n) is 3.33. The average molecular weight is 176 g/mol. The highest BCUT2D eigenvalue weighted by atomic mass is 16.5. The van der Waals surface area contributed by atoms with E-state index in [9.17, 15) is 0 Å². The molecule has 1 aromatic carbocycles. The van der Waals surface area contributed by atoms with Gasteiger partial charge in [-0.25, -0.2) is 0 Å². The third kappa shape index (κ3) is 1.92. The summed E-state index contributed by atoms with van der Waals surface area (Å²) in [7, 11) is 1.70. The quantitative estimate of drug-likeness (QED) is 0.685. The Labute approximate surface area is 80.0 Å². The van der Waals surface area contributed by atoms with Crippen molar-refractivity contribution in [3.63, 3.8) is 0 Å². The molecule has 0 spiro atoms. The van der Waals surface area contributed by atoms with Crippen LogP contribution in [0.4, 0.5) is 0 Å². The summed E-state index contributed by atoms with van der Waals surface area (Å²) in [6.07, 6.45) is 1.82. The predicted octanol–water partition coefficient (Wildman–Crippen LogP) is 3.46. The van der Waals surface area contributed by atoms with E-state index in [0.29, 0.717) is 5.92 Å². The molecule has 0 aliphatic rings. The zero-order valence-corrected chi connectivity index (χ0v) is 8.50. The van der Waals surface area contributed by atoms with E-state index < -0.39 is 0 Å². The molecular formula is C12H16O. The Morgan fingerprint density at radius 1 is 1.38 bits per heavy atom. The minimum absolute atomic E-state index is 0.481. The van der Waals surface area contributed by atoms with Crippen molar-refractivity contribution in [1.82, 2.24) is 0 Å². The van der Waals surface area contributed by atoms with E-state index in [-0.39, 0.29) is 0 Å². The SMILES string of the molecule is C=Cc1cccc(C(C)C)c1OC. The molecule has 0 unspecified atom stereocenters. The maximum atomic E-state index is 5.36. The normalized spacial score (nSPS) is 10.2. The van der Waals surface area contributed by atoms with Gasteiger partial charge >= 0.3 is 0 Å². The van der Waals surface area contributed by atoms with Gasteiger partial charge in [-0.05, 0) is 11.5 Å². The largest absolute Gasteiger partial charge is 0.496 e. The summed E-state index contributed by atoms with van der Waals surface area (Å²) < 4.78 is 5.36. The molecular weight excluding hydrogens is 160 g/mol. The Bertz CT molecular complexity index is 300. The molecule has 1 aromatic rings. The average Bonchev–Trinajstić information content (AvgIpc) is 2.16. The Morgan fingerprint density at radius 3 is 2.54 bits per heavy atom. The Balaban J connectivity index is 3.26. The van der Waals surface area contributed by atoms with Crippen LogP contribution in [-0.4, -0.2) is 7.11 Å². The minimum Gasteiger partial charge on any atom is -0.496 e. The monoisotopic (exact) mass is 176 g/mol. The standard InChI is InChI=1S/C12H16O/c1-5-10-7-6-8-11(9(2)3)12(10)13-4/h5-9H,1H2,2-4H3. The third-order valence-electron chi connectivity index (χ3n) is 2.12. The predicted molar refractivity (Wildman–Crippen MR) is 57.2 cm³/mol. The number of hydrogen-bond acceptors (Lipinski definition) is 1. The smallest absolute Gasteiger partial charge is 0.129 e. The lowest BCUT2D eigenvalue weighted by atomic mass is 9.99. The lowest BCUT2D eigenvalue weighted by Gasteiger charge is -2.13. The number of methoxy groups -OCH3 is 1. The first-order chi connectivity index (χ1) is 6.20. The molecule has 1 heteroatoms. The molecule has 0 aliphatic carbocycles.